The summed E-state index contributed by atoms with van der Waals surface area (Å²) in [7, 11) is 1.81. The van der Waals surface area contributed by atoms with Crippen molar-refractivity contribution >= 4 is 5.96 Å². The molecule has 0 aliphatic rings. The molecule has 0 amide bonds. The Morgan fingerprint density at radius 3 is 2.44 bits per heavy atom. The van der Waals surface area contributed by atoms with Crippen molar-refractivity contribution < 1.29 is 0 Å². The quantitative estimate of drug-likeness (QED) is 0.620. The molecule has 3 heteroatoms. The molecule has 0 aliphatic carbocycles. The van der Waals surface area contributed by atoms with Crippen molar-refractivity contribution in [3.8, 4) is 0 Å². The monoisotopic (exact) mass is 247 g/mol. The zero-order chi connectivity index (χ0) is 13.4. The number of hydrogen-bond acceptors (Lipinski definition) is 1. The molecule has 3 nitrogen and oxygen atoms in total. The fourth-order valence-corrected chi connectivity index (χ4v) is 1.78. The van der Waals surface area contributed by atoms with Crippen LogP contribution in [0.15, 0.2) is 29.3 Å². The zero-order valence-corrected chi connectivity index (χ0v) is 12.0. The number of guanidine groups is 1. The molecule has 100 valence electrons. The zero-order valence-electron chi connectivity index (χ0n) is 12.0. The van der Waals surface area contributed by atoms with Crippen molar-refractivity contribution in [2.24, 2.45) is 4.99 Å². The van der Waals surface area contributed by atoms with Gasteiger partial charge in [-0.1, -0.05) is 38.1 Å². The minimum atomic E-state index is 0.442. The molecule has 1 unspecified atom stereocenters. The second kappa shape index (κ2) is 7.75. The third-order valence-electron chi connectivity index (χ3n) is 3.16. The van der Waals surface area contributed by atoms with Crippen molar-refractivity contribution in [2.45, 2.75) is 46.2 Å². The van der Waals surface area contributed by atoms with Crippen molar-refractivity contribution in [2.75, 3.05) is 7.05 Å². The van der Waals surface area contributed by atoms with E-state index in [0.717, 1.165) is 25.3 Å². The highest BCUT2D eigenvalue weighted by Crippen LogP contribution is 2.08. The number of hydrogen-bond donors (Lipinski definition) is 2. The molecule has 0 fully saturated rings. The van der Waals surface area contributed by atoms with Gasteiger partial charge in [-0.25, -0.2) is 0 Å². The molecule has 1 rings (SSSR count). The van der Waals surface area contributed by atoms with Crippen LogP contribution in [-0.4, -0.2) is 19.0 Å². The summed E-state index contributed by atoms with van der Waals surface area (Å²) in [5.74, 6) is 0.871. The molecule has 0 saturated carbocycles. The number of benzene rings is 1. The molecular weight excluding hydrogens is 222 g/mol. The average Bonchev–Trinajstić information content (AvgIpc) is 2.43. The Morgan fingerprint density at radius 2 is 1.89 bits per heavy atom. The Hall–Kier alpha value is -1.51. The number of nitrogens with zero attached hydrogens (tertiary/aromatic N) is 1. The van der Waals surface area contributed by atoms with Crippen molar-refractivity contribution in [1.82, 2.24) is 10.6 Å². The van der Waals surface area contributed by atoms with Gasteiger partial charge in [0.05, 0.1) is 0 Å². The maximum atomic E-state index is 4.24. The number of aryl methyl sites for hydroxylation is 1. The molecule has 0 aromatic heterocycles. The van der Waals surface area contributed by atoms with E-state index in [4.69, 9.17) is 0 Å². The SMILES string of the molecule is CCc1ccccc1CNC(=NC)NC(C)CC. The number of aliphatic imine (C=N–C) groups is 1. The maximum Gasteiger partial charge on any atom is 0.191 e. The normalized spacial score (nSPS) is 13.2. The Balaban J connectivity index is 2.57. The van der Waals surface area contributed by atoms with Crippen molar-refractivity contribution in [3.63, 3.8) is 0 Å². The smallest absolute Gasteiger partial charge is 0.191 e. The van der Waals surface area contributed by atoms with Gasteiger partial charge in [0.15, 0.2) is 5.96 Å². The topological polar surface area (TPSA) is 36.4 Å². The van der Waals surface area contributed by atoms with E-state index in [0.29, 0.717) is 6.04 Å². The van der Waals surface area contributed by atoms with Crippen LogP contribution in [0.3, 0.4) is 0 Å². The van der Waals surface area contributed by atoms with E-state index in [1.54, 1.807) is 0 Å². The fourth-order valence-electron chi connectivity index (χ4n) is 1.78. The van der Waals surface area contributed by atoms with Gasteiger partial charge in [-0.05, 0) is 30.9 Å². The summed E-state index contributed by atoms with van der Waals surface area (Å²) in [5.41, 5.74) is 2.73. The molecule has 1 aromatic rings. The van der Waals surface area contributed by atoms with E-state index >= 15 is 0 Å². The summed E-state index contributed by atoms with van der Waals surface area (Å²) in [5, 5.41) is 6.73. The van der Waals surface area contributed by atoms with Gasteiger partial charge >= 0.3 is 0 Å². The summed E-state index contributed by atoms with van der Waals surface area (Å²) in [6.07, 6.45) is 2.15. The molecular formula is C15H25N3. The predicted octanol–water partition coefficient (Wildman–Crippen LogP) is 2.71. The molecule has 0 heterocycles. The summed E-state index contributed by atoms with van der Waals surface area (Å²) in [6, 6.07) is 8.97. The van der Waals surface area contributed by atoms with Gasteiger partial charge < -0.3 is 10.6 Å². The average molecular weight is 247 g/mol. The van der Waals surface area contributed by atoms with Gasteiger partial charge in [-0.15, -0.1) is 0 Å². The van der Waals surface area contributed by atoms with Gasteiger partial charge in [0, 0.05) is 19.6 Å². The molecule has 0 spiro atoms. The molecule has 18 heavy (non-hydrogen) atoms. The van der Waals surface area contributed by atoms with Gasteiger partial charge in [-0.3, -0.25) is 4.99 Å². The second-order valence-electron chi connectivity index (χ2n) is 4.50. The van der Waals surface area contributed by atoms with Crippen LogP contribution in [0.4, 0.5) is 0 Å². The molecule has 0 radical (unpaired) electrons. The van der Waals surface area contributed by atoms with Crippen LogP contribution in [0.25, 0.3) is 0 Å². The Kier molecular flexibility index (Phi) is 6.26. The van der Waals surface area contributed by atoms with Crippen LogP contribution in [-0.2, 0) is 13.0 Å². The molecule has 1 atom stereocenters. The molecule has 0 saturated heterocycles. The minimum Gasteiger partial charge on any atom is -0.354 e. The number of rotatable bonds is 5. The minimum absolute atomic E-state index is 0.442. The van der Waals surface area contributed by atoms with Crippen LogP contribution in [0.1, 0.15) is 38.3 Å². The van der Waals surface area contributed by atoms with E-state index in [-0.39, 0.29) is 0 Å². The van der Waals surface area contributed by atoms with Crippen LogP contribution >= 0.6 is 0 Å². The van der Waals surface area contributed by atoms with Crippen LogP contribution < -0.4 is 10.6 Å². The van der Waals surface area contributed by atoms with Crippen LogP contribution in [0.5, 0.6) is 0 Å². The standard InChI is InChI=1S/C15H25N3/c1-5-12(3)18-15(16-4)17-11-14-10-8-7-9-13(14)6-2/h7-10,12H,5-6,11H2,1-4H3,(H2,16,17,18). The van der Waals surface area contributed by atoms with Gasteiger partial charge in [0.2, 0.25) is 0 Å². The van der Waals surface area contributed by atoms with E-state index in [1.165, 1.54) is 11.1 Å². The van der Waals surface area contributed by atoms with Gasteiger partial charge in [0.1, 0.15) is 0 Å². The highest BCUT2D eigenvalue weighted by molar-refractivity contribution is 5.79. The summed E-state index contributed by atoms with van der Waals surface area (Å²) in [6.45, 7) is 7.33. The van der Waals surface area contributed by atoms with E-state index in [9.17, 15) is 0 Å². The second-order valence-corrected chi connectivity index (χ2v) is 4.50. The van der Waals surface area contributed by atoms with E-state index in [1.807, 2.05) is 7.05 Å². The first kappa shape index (κ1) is 14.6. The predicted molar refractivity (Wildman–Crippen MR) is 78.9 cm³/mol. The van der Waals surface area contributed by atoms with E-state index < -0.39 is 0 Å². The Labute approximate surface area is 111 Å². The number of nitrogens with one attached hydrogen (secondary N) is 2. The highest BCUT2D eigenvalue weighted by Gasteiger charge is 2.04. The molecule has 0 bridgehead atoms. The maximum absolute atomic E-state index is 4.24. The third kappa shape index (κ3) is 4.40. The first-order chi connectivity index (χ1) is 8.71. The molecule has 2 N–H and O–H groups in total. The largest absolute Gasteiger partial charge is 0.354 e. The first-order valence-electron chi connectivity index (χ1n) is 6.75. The fraction of sp³-hybridized carbons (Fsp3) is 0.533. The summed E-state index contributed by atoms with van der Waals surface area (Å²) in [4.78, 5) is 4.24. The molecule has 1 aromatic carbocycles. The lowest BCUT2D eigenvalue weighted by molar-refractivity contribution is 0.624. The van der Waals surface area contributed by atoms with Crippen LogP contribution in [0.2, 0.25) is 0 Å². The first-order valence-corrected chi connectivity index (χ1v) is 6.75. The molecule has 0 aliphatic heterocycles. The van der Waals surface area contributed by atoms with Crippen LogP contribution in [0, 0.1) is 0 Å². The summed E-state index contributed by atoms with van der Waals surface area (Å²) >= 11 is 0. The lowest BCUT2D eigenvalue weighted by Crippen LogP contribution is -2.41. The lowest BCUT2D eigenvalue weighted by Gasteiger charge is -2.17. The van der Waals surface area contributed by atoms with Crippen molar-refractivity contribution in [3.05, 3.63) is 35.4 Å². The van der Waals surface area contributed by atoms with Gasteiger partial charge in [0.25, 0.3) is 0 Å². The Bertz CT molecular complexity index is 385. The van der Waals surface area contributed by atoms with Crippen molar-refractivity contribution in [1.29, 1.82) is 0 Å². The van der Waals surface area contributed by atoms with E-state index in [2.05, 4.69) is 60.7 Å². The third-order valence-corrected chi connectivity index (χ3v) is 3.16. The lowest BCUT2D eigenvalue weighted by atomic mass is 10.1. The summed E-state index contributed by atoms with van der Waals surface area (Å²) < 4.78 is 0. The van der Waals surface area contributed by atoms with Gasteiger partial charge in [-0.2, -0.15) is 0 Å². The Morgan fingerprint density at radius 1 is 1.22 bits per heavy atom. The highest BCUT2D eigenvalue weighted by atomic mass is 15.2.